The van der Waals surface area contributed by atoms with Gasteiger partial charge in [-0.1, -0.05) is 0 Å². The average Bonchev–Trinajstić information content (AvgIpc) is 1.84. The van der Waals surface area contributed by atoms with Crippen LogP contribution < -0.4 is 0 Å². The zero-order chi connectivity index (χ0) is 9.61. The van der Waals surface area contributed by atoms with Crippen LogP contribution in [0.4, 0.5) is 0 Å². The molecule has 74 valence electrons. The molecule has 4 heteroatoms. The van der Waals surface area contributed by atoms with Crippen molar-refractivity contribution in [2.45, 2.75) is 40.2 Å². The van der Waals surface area contributed by atoms with Gasteiger partial charge in [-0.3, -0.25) is 0 Å². The molecule has 0 spiro atoms. The molecule has 0 N–H and O–H groups in total. The molecule has 0 saturated carbocycles. The first-order valence-electron chi connectivity index (χ1n) is 4.40. The van der Waals surface area contributed by atoms with Gasteiger partial charge in [-0.2, -0.15) is 0 Å². The summed E-state index contributed by atoms with van der Waals surface area (Å²) in [6.45, 7) is 11.2. The maximum Gasteiger partial charge on any atom is 0.484 e. The molecule has 0 rings (SSSR count). The molecule has 0 unspecified atom stereocenters. The molecular formula is C8H20O3Si. The molecule has 3 nitrogen and oxygen atoms in total. The molecule has 0 fully saturated rings. The Morgan fingerprint density at radius 3 is 1.67 bits per heavy atom. The van der Waals surface area contributed by atoms with Gasteiger partial charge < -0.3 is 13.3 Å². The summed E-state index contributed by atoms with van der Waals surface area (Å²) in [5.41, 5.74) is -0.165. The van der Waals surface area contributed by atoms with Crippen molar-refractivity contribution in [1.29, 1.82) is 0 Å². The first kappa shape index (κ1) is 12.1. The molecule has 0 saturated heterocycles. The van der Waals surface area contributed by atoms with E-state index < -0.39 is 9.53 Å². The van der Waals surface area contributed by atoms with Crippen molar-refractivity contribution in [2.24, 2.45) is 0 Å². The molecule has 0 atom stereocenters. The van der Waals surface area contributed by atoms with Crippen LogP contribution in [0.5, 0.6) is 0 Å². The normalized spacial score (nSPS) is 12.5. The van der Waals surface area contributed by atoms with E-state index in [9.17, 15) is 0 Å². The molecule has 0 aromatic heterocycles. The van der Waals surface area contributed by atoms with Crippen LogP contribution in [0.25, 0.3) is 0 Å². The van der Waals surface area contributed by atoms with Gasteiger partial charge in [0, 0.05) is 13.2 Å². The maximum atomic E-state index is 5.61. The standard InChI is InChI=1S/C8H20O3Si/c1-6-9-12(10-7-2)11-8(3,4)5/h12H,6-7H2,1-5H3. The minimum absolute atomic E-state index is 0.165. The molecule has 0 aromatic carbocycles. The van der Waals surface area contributed by atoms with E-state index in [1.165, 1.54) is 0 Å². The van der Waals surface area contributed by atoms with Gasteiger partial charge in [0.1, 0.15) is 0 Å². The Labute approximate surface area is 77.0 Å². The molecule has 0 aliphatic carbocycles. The van der Waals surface area contributed by atoms with Crippen molar-refractivity contribution < 1.29 is 13.3 Å². The van der Waals surface area contributed by atoms with Crippen molar-refractivity contribution in [3.05, 3.63) is 0 Å². The van der Waals surface area contributed by atoms with E-state index >= 15 is 0 Å². The largest absolute Gasteiger partial charge is 0.484 e. The topological polar surface area (TPSA) is 27.7 Å². The summed E-state index contributed by atoms with van der Waals surface area (Å²) in [5, 5.41) is 0. The Hall–Kier alpha value is 0.0969. The SMILES string of the molecule is CCO[SiH](OCC)OC(C)(C)C. The van der Waals surface area contributed by atoms with Crippen LogP contribution in [0.1, 0.15) is 34.6 Å². The first-order chi connectivity index (χ1) is 5.49. The Bertz CT molecular complexity index is 105. The first-order valence-corrected chi connectivity index (χ1v) is 5.82. The summed E-state index contributed by atoms with van der Waals surface area (Å²) in [6.07, 6.45) is 0. The van der Waals surface area contributed by atoms with Crippen molar-refractivity contribution in [3.8, 4) is 0 Å². The highest BCUT2D eigenvalue weighted by Crippen LogP contribution is 2.09. The van der Waals surface area contributed by atoms with Crippen LogP contribution in [-0.4, -0.2) is 28.3 Å². The van der Waals surface area contributed by atoms with E-state index in [2.05, 4.69) is 0 Å². The third-order valence-corrected chi connectivity index (χ3v) is 3.17. The highest BCUT2D eigenvalue weighted by atomic mass is 28.3. The smallest absolute Gasteiger partial charge is 0.376 e. The van der Waals surface area contributed by atoms with E-state index in [-0.39, 0.29) is 5.60 Å². The monoisotopic (exact) mass is 192 g/mol. The van der Waals surface area contributed by atoms with E-state index in [1.807, 2.05) is 34.6 Å². The van der Waals surface area contributed by atoms with Gasteiger partial charge in [-0.15, -0.1) is 0 Å². The van der Waals surface area contributed by atoms with Crippen LogP contribution in [0, 0.1) is 0 Å². The average molecular weight is 192 g/mol. The minimum Gasteiger partial charge on any atom is -0.376 e. The summed E-state index contributed by atoms with van der Waals surface area (Å²) >= 11 is 0. The third-order valence-electron chi connectivity index (χ3n) is 1.06. The van der Waals surface area contributed by atoms with Crippen molar-refractivity contribution >= 4 is 9.53 Å². The zero-order valence-electron chi connectivity index (χ0n) is 8.72. The minimum atomic E-state index is -1.86. The molecule has 12 heavy (non-hydrogen) atoms. The highest BCUT2D eigenvalue weighted by Gasteiger charge is 2.22. The van der Waals surface area contributed by atoms with Crippen LogP contribution in [-0.2, 0) is 13.3 Å². The van der Waals surface area contributed by atoms with E-state index in [0.29, 0.717) is 13.2 Å². The quantitative estimate of drug-likeness (QED) is 0.619. The lowest BCUT2D eigenvalue weighted by atomic mass is 10.2. The summed E-state index contributed by atoms with van der Waals surface area (Å²) in [7, 11) is -1.86. The lowest BCUT2D eigenvalue weighted by Crippen LogP contribution is -2.35. The van der Waals surface area contributed by atoms with E-state index in [0.717, 1.165) is 0 Å². The molecule has 0 aliphatic rings. The van der Waals surface area contributed by atoms with Gasteiger partial charge in [-0.05, 0) is 34.6 Å². The van der Waals surface area contributed by atoms with E-state index in [4.69, 9.17) is 13.3 Å². The summed E-state index contributed by atoms with van der Waals surface area (Å²) in [5.74, 6) is 0. The molecule has 0 aliphatic heterocycles. The van der Waals surface area contributed by atoms with Crippen molar-refractivity contribution in [3.63, 3.8) is 0 Å². The lowest BCUT2D eigenvalue weighted by molar-refractivity contribution is 0.0267. The Balaban J connectivity index is 3.77. The fourth-order valence-electron chi connectivity index (χ4n) is 0.677. The summed E-state index contributed by atoms with van der Waals surface area (Å²) in [4.78, 5) is 0. The molecule has 0 heterocycles. The van der Waals surface area contributed by atoms with Crippen LogP contribution in [0.2, 0.25) is 0 Å². The van der Waals surface area contributed by atoms with Gasteiger partial charge in [0.15, 0.2) is 0 Å². The Morgan fingerprint density at radius 2 is 1.42 bits per heavy atom. The molecule has 0 bridgehead atoms. The van der Waals surface area contributed by atoms with E-state index in [1.54, 1.807) is 0 Å². The van der Waals surface area contributed by atoms with Gasteiger partial charge in [0.2, 0.25) is 0 Å². The number of hydrogen-bond acceptors (Lipinski definition) is 3. The molecule has 0 amide bonds. The summed E-state index contributed by atoms with van der Waals surface area (Å²) < 4.78 is 16.3. The predicted molar refractivity (Wildman–Crippen MR) is 51.2 cm³/mol. The maximum absolute atomic E-state index is 5.61. The third kappa shape index (κ3) is 6.79. The van der Waals surface area contributed by atoms with Gasteiger partial charge in [-0.25, -0.2) is 0 Å². The fourth-order valence-corrected chi connectivity index (χ4v) is 2.03. The Kier molecular flexibility index (Phi) is 5.74. The summed E-state index contributed by atoms with van der Waals surface area (Å²) in [6, 6.07) is 0. The molecular weight excluding hydrogens is 172 g/mol. The number of hydrogen-bond donors (Lipinski definition) is 0. The predicted octanol–water partition coefficient (Wildman–Crippen LogP) is 1.59. The van der Waals surface area contributed by atoms with Gasteiger partial charge >= 0.3 is 9.53 Å². The molecule has 0 aromatic rings. The second-order valence-electron chi connectivity index (χ2n) is 3.43. The fraction of sp³-hybridized carbons (Fsp3) is 1.00. The van der Waals surface area contributed by atoms with Crippen molar-refractivity contribution in [1.82, 2.24) is 0 Å². The van der Waals surface area contributed by atoms with Crippen LogP contribution in [0.3, 0.4) is 0 Å². The van der Waals surface area contributed by atoms with Gasteiger partial charge in [0.25, 0.3) is 0 Å². The highest BCUT2D eigenvalue weighted by molar-refractivity contribution is 6.36. The second kappa shape index (κ2) is 5.69. The molecule has 0 radical (unpaired) electrons. The number of rotatable bonds is 5. The van der Waals surface area contributed by atoms with Crippen LogP contribution in [0.15, 0.2) is 0 Å². The second-order valence-corrected chi connectivity index (χ2v) is 4.91. The van der Waals surface area contributed by atoms with Gasteiger partial charge in [0.05, 0.1) is 5.60 Å². The lowest BCUT2D eigenvalue weighted by Gasteiger charge is -2.25. The van der Waals surface area contributed by atoms with Crippen LogP contribution >= 0.6 is 0 Å². The zero-order valence-corrected chi connectivity index (χ0v) is 9.87. The van der Waals surface area contributed by atoms with Crippen molar-refractivity contribution in [2.75, 3.05) is 13.2 Å². The Morgan fingerprint density at radius 1 is 1.00 bits per heavy atom.